The predicted molar refractivity (Wildman–Crippen MR) is 145 cm³/mol. The van der Waals surface area contributed by atoms with E-state index in [1.54, 1.807) is 22.7 Å². The Balaban J connectivity index is 0.00000148. The minimum atomic E-state index is -3.67. The van der Waals surface area contributed by atoms with Crippen molar-refractivity contribution in [1.29, 1.82) is 0 Å². The van der Waals surface area contributed by atoms with Gasteiger partial charge in [0.1, 0.15) is 17.1 Å². The van der Waals surface area contributed by atoms with Crippen molar-refractivity contribution in [2.75, 3.05) is 39.8 Å². The lowest BCUT2D eigenvalue weighted by molar-refractivity contribution is 0.222. The molecule has 2 aromatic heterocycles. The summed E-state index contributed by atoms with van der Waals surface area (Å²) in [4.78, 5) is 11.4. The number of ether oxygens (including phenoxy) is 1. The molecule has 3 aromatic rings. The number of hydrogen-bond acceptors (Lipinski definition) is 7. The van der Waals surface area contributed by atoms with Gasteiger partial charge in [0.2, 0.25) is 10.0 Å². The fraction of sp³-hybridized carbons (Fsp3) is 0.480. The highest BCUT2D eigenvalue weighted by Crippen LogP contribution is 2.33. The molecule has 1 aromatic carbocycles. The van der Waals surface area contributed by atoms with Crippen LogP contribution < -0.4 is 4.74 Å². The van der Waals surface area contributed by atoms with E-state index in [4.69, 9.17) is 21.4 Å². The van der Waals surface area contributed by atoms with Gasteiger partial charge in [-0.3, -0.25) is 0 Å². The SMILES string of the molecule is C.C=C.CCCc1nc(C)c2c(Cl)nc(-c3cc(S(=O)(=O)N4CCN(C)CC4)ccc3OCC)nn12. The van der Waals surface area contributed by atoms with Crippen molar-refractivity contribution >= 4 is 27.1 Å². The van der Waals surface area contributed by atoms with Crippen molar-refractivity contribution in [1.82, 2.24) is 28.8 Å². The Kier molecular flexibility index (Phi) is 10.4. The molecule has 0 bridgehead atoms. The molecule has 1 saturated heterocycles. The van der Waals surface area contributed by atoms with Crippen LogP contribution in [-0.2, 0) is 16.4 Å². The van der Waals surface area contributed by atoms with Gasteiger partial charge in [0.15, 0.2) is 11.0 Å². The van der Waals surface area contributed by atoms with E-state index >= 15 is 0 Å². The van der Waals surface area contributed by atoms with Crippen LogP contribution in [0.4, 0.5) is 0 Å². The molecule has 0 amide bonds. The van der Waals surface area contributed by atoms with Gasteiger partial charge in [-0.15, -0.1) is 18.3 Å². The number of benzene rings is 1. The number of aryl methyl sites for hydroxylation is 2. The van der Waals surface area contributed by atoms with Gasteiger partial charge in [-0.25, -0.2) is 22.9 Å². The van der Waals surface area contributed by atoms with E-state index in [9.17, 15) is 8.42 Å². The molecule has 3 heterocycles. The molecule has 1 aliphatic rings. The van der Waals surface area contributed by atoms with Crippen molar-refractivity contribution < 1.29 is 13.2 Å². The fourth-order valence-electron chi connectivity index (χ4n) is 3.99. The van der Waals surface area contributed by atoms with Gasteiger partial charge in [-0.05, 0) is 45.5 Å². The predicted octanol–water partition coefficient (Wildman–Crippen LogP) is 4.48. The number of aromatic nitrogens is 4. The third-order valence-corrected chi connectivity index (χ3v) is 7.91. The van der Waals surface area contributed by atoms with Crippen LogP contribution in [-0.4, -0.2) is 77.0 Å². The molecule has 36 heavy (non-hydrogen) atoms. The molecule has 0 aliphatic carbocycles. The highest BCUT2D eigenvalue weighted by molar-refractivity contribution is 7.89. The molecule has 0 spiro atoms. The smallest absolute Gasteiger partial charge is 0.243 e. The van der Waals surface area contributed by atoms with Gasteiger partial charge in [0.05, 0.1) is 22.8 Å². The molecule has 198 valence electrons. The quantitative estimate of drug-likeness (QED) is 0.411. The Morgan fingerprint density at radius 3 is 2.39 bits per heavy atom. The lowest BCUT2D eigenvalue weighted by Crippen LogP contribution is -2.47. The normalized spacial score (nSPS) is 14.7. The first-order chi connectivity index (χ1) is 16.8. The molecule has 9 nitrogen and oxygen atoms in total. The van der Waals surface area contributed by atoms with Crippen molar-refractivity contribution in [2.45, 2.75) is 45.9 Å². The number of sulfonamides is 1. The van der Waals surface area contributed by atoms with E-state index in [0.29, 0.717) is 55.4 Å². The van der Waals surface area contributed by atoms with Crippen molar-refractivity contribution in [3.8, 4) is 17.1 Å². The summed E-state index contributed by atoms with van der Waals surface area (Å²) in [6.07, 6.45) is 1.64. The lowest BCUT2D eigenvalue weighted by atomic mass is 10.2. The van der Waals surface area contributed by atoms with Crippen LogP contribution in [0.15, 0.2) is 36.3 Å². The van der Waals surface area contributed by atoms with Crippen LogP contribution in [0.3, 0.4) is 0 Å². The molecular formula is C25H37ClN6O3S. The summed E-state index contributed by atoms with van der Waals surface area (Å²) < 4.78 is 35.7. The van der Waals surface area contributed by atoms with Crippen LogP contribution in [0, 0.1) is 6.92 Å². The average Bonchev–Trinajstić information content (AvgIpc) is 3.16. The van der Waals surface area contributed by atoms with E-state index in [-0.39, 0.29) is 17.5 Å². The van der Waals surface area contributed by atoms with Gasteiger partial charge >= 0.3 is 0 Å². The molecular weight excluding hydrogens is 500 g/mol. The Hall–Kier alpha value is -2.53. The van der Waals surface area contributed by atoms with E-state index in [1.807, 2.05) is 20.9 Å². The molecule has 1 fully saturated rings. The molecule has 0 unspecified atom stereocenters. The van der Waals surface area contributed by atoms with E-state index in [0.717, 1.165) is 24.4 Å². The second-order valence-electron chi connectivity index (χ2n) is 8.15. The van der Waals surface area contributed by atoms with Crippen LogP contribution in [0.25, 0.3) is 16.9 Å². The summed E-state index contributed by atoms with van der Waals surface area (Å²) in [5.41, 5.74) is 1.89. The molecule has 1 aliphatic heterocycles. The maximum Gasteiger partial charge on any atom is 0.243 e. The third-order valence-electron chi connectivity index (χ3n) is 5.76. The van der Waals surface area contributed by atoms with Gasteiger partial charge in [-0.2, -0.15) is 4.31 Å². The summed E-state index contributed by atoms with van der Waals surface area (Å²) in [5, 5.41) is 4.96. The number of piperazine rings is 1. The van der Waals surface area contributed by atoms with Gasteiger partial charge < -0.3 is 9.64 Å². The molecule has 0 radical (unpaired) electrons. The van der Waals surface area contributed by atoms with Crippen LogP contribution >= 0.6 is 11.6 Å². The zero-order valence-corrected chi connectivity index (χ0v) is 22.4. The number of nitrogens with zero attached hydrogens (tertiary/aromatic N) is 6. The number of rotatable bonds is 7. The summed E-state index contributed by atoms with van der Waals surface area (Å²) in [5.74, 6) is 1.58. The minimum Gasteiger partial charge on any atom is -0.493 e. The number of imidazole rings is 1. The first-order valence-corrected chi connectivity index (χ1v) is 13.5. The topological polar surface area (TPSA) is 92.9 Å². The first-order valence-electron chi connectivity index (χ1n) is 11.6. The fourth-order valence-corrected chi connectivity index (χ4v) is 5.73. The van der Waals surface area contributed by atoms with Crippen LogP contribution in [0.5, 0.6) is 5.75 Å². The highest BCUT2D eigenvalue weighted by atomic mass is 35.5. The Morgan fingerprint density at radius 2 is 1.78 bits per heavy atom. The summed E-state index contributed by atoms with van der Waals surface area (Å²) >= 11 is 6.54. The highest BCUT2D eigenvalue weighted by Gasteiger charge is 2.29. The van der Waals surface area contributed by atoms with E-state index < -0.39 is 10.0 Å². The van der Waals surface area contributed by atoms with Crippen LogP contribution in [0.1, 0.15) is 39.2 Å². The maximum absolute atomic E-state index is 13.4. The molecule has 11 heteroatoms. The largest absolute Gasteiger partial charge is 0.493 e. The Bertz CT molecular complexity index is 1290. The standard InChI is InChI=1S/C22H29ClN6O3S.C2H4.CH4/c1-5-7-19-24-15(3)20-21(23)25-22(26-29(19)20)17-14-16(8-9-18(17)32-6-2)33(30,31)28-12-10-27(4)11-13-28;1-2;/h8-9,14H,5-7,10-13H2,1-4H3;1-2H2;1H4. The number of fused-ring (bicyclic) bond motifs is 1. The molecule has 0 saturated carbocycles. The van der Waals surface area contributed by atoms with Crippen LogP contribution in [0.2, 0.25) is 5.15 Å². The second kappa shape index (κ2) is 12.6. The zero-order chi connectivity index (χ0) is 25.8. The Labute approximate surface area is 219 Å². The summed E-state index contributed by atoms with van der Waals surface area (Å²) in [7, 11) is -1.68. The second-order valence-corrected chi connectivity index (χ2v) is 10.4. The van der Waals surface area contributed by atoms with Crippen molar-refractivity contribution in [3.63, 3.8) is 0 Å². The summed E-state index contributed by atoms with van der Waals surface area (Å²) in [6, 6.07) is 4.82. The maximum atomic E-state index is 13.4. The Morgan fingerprint density at radius 1 is 1.11 bits per heavy atom. The van der Waals surface area contributed by atoms with E-state index in [1.165, 1.54) is 4.31 Å². The monoisotopic (exact) mass is 536 g/mol. The average molecular weight is 537 g/mol. The molecule has 4 rings (SSSR count). The molecule has 0 atom stereocenters. The first kappa shape index (κ1) is 29.7. The van der Waals surface area contributed by atoms with E-state index in [2.05, 4.69) is 34.9 Å². The summed E-state index contributed by atoms with van der Waals surface area (Å²) in [6.45, 7) is 14.5. The van der Waals surface area contributed by atoms with Crippen molar-refractivity contribution in [3.05, 3.63) is 48.0 Å². The van der Waals surface area contributed by atoms with Gasteiger partial charge in [-0.1, -0.05) is 26.0 Å². The third kappa shape index (κ3) is 5.88. The van der Waals surface area contributed by atoms with Gasteiger partial charge in [0.25, 0.3) is 0 Å². The van der Waals surface area contributed by atoms with Gasteiger partial charge in [0, 0.05) is 32.6 Å². The zero-order valence-electron chi connectivity index (χ0n) is 20.8. The van der Waals surface area contributed by atoms with Crippen molar-refractivity contribution in [2.24, 2.45) is 0 Å². The molecule has 0 N–H and O–H groups in total. The number of hydrogen-bond donors (Lipinski definition) is 0. The lowest BCUT2D eigenvalue weighted by Gasteiger charge is -2.31. The number of halogens is 1. The number of likely N-dealkylation sites (N-methyl/N-ethyl adjacent to an activating group) is 1. The minimum absolute atomic E-state index is 0.